The Morgan fingerprint density at radius 3 is 1.44 bits per heavy atom. The van der Waals surface area contributed by atoms with E-state index in [1.165, 1.54) is 11.1 Å². The molecule has 0 heterocycles. The van der Waals surface area contributed by atoms with Crippen molar-refractivity contribution < 1.29 is 18.5 Å². The summed E-state index contributed by atoms with van der Waals surface area (Å²) < 4.78 is 22.4. The third-order valence-electron chi connectivity index (χ3n) is 4.27. The van der Waals surface area contributed by atoms with Crippen molar-refractivity contribution in [1.82, 2.24) is 0 Å². The van der Waals surface area contributed by atoms with Gasteiger partial charge in [-0.25, -0.2) is 4.57 Å². The van der Waals surface area contributed by atoms with E-state index in [2.05, 4.69) is 0 Å². The fourth-order valence-electron chi connectivity index (χ4n) is 2.43. The first kappa shape index (κ1) is 19.9. The Hall–Kier alpha value is -1.45. The van der Waals surface area contributed by atoms with Crippen LogP contribution in [0.4, 0.5) is 0 Å². The SMILES string of the molecule is Cc1ccc(C(C)COP(=O)(O)OCC(C)c2ccc(C)cc2)cc1. The average Bonchev–Trinajstić information content (AvgIpc) is 2.59. The largest absolute Gasteiger partial charge is 0.472 e. The van der Waals surface area contributed by atoms with Gasteiger partial charge in [0.15, 0.2) is 0 Å². The lowest BCUT2D eigenvalue weighted by atomic mass is 10.0. The molecule has 2 aromatic carbocycles. The fourth-order valence-corrected chi connectivity index (χ4v) is 3.33. The first-order valence-electron chi connectivity index (χ1n) is 8.52. The van der Waals surface area contributed by atoms with Gasteiger partial charge in [0.1, 0.15) is 0 Å². The van der Waals surface area contributed by atoms with Crippen LogP contribution >= 0.6 is 7.82 Å². The molecule has 0 aliphatic carbocycles. The Bertz CT molecular complexity index is 650. The monoisotopic (exact) mass is 362 g/mol. The van der Waals surface area contributed by atoms with Crippen molar-refractivity contribution in [1.29, 1.82) is 0 Å². The van der Waals surface area contributed by atoms with E-state index in [0.29, 0.717) is 0 Å². The molecule has 0 radical (unpaired) electrons. The molecule has 25 heavy (non-hydrogen) atoms. The van der Waals surface area contributed by atoms with Gasteiger partial charge in [0, 0.05) is 11.8 Å². The van der Waals surface area contributed by atoms with Crippen LogP contribution in [-0.4, -0.2) is 18.1 Å². The predicted molar refractivity (Wildman–Crippen MR) is 101 cm³/mol. The highest BCUT2D eigenvalue weighted by Gasteiger charge is 2.24. The Morgan fingerprint density at radius 1 is 0.800 bits per heavy atom. The molecule has 0 saturated carbocycles. The molecule has 0 fully saturated rings. The number of phosphoric acid groups is 1. The summed E-state index contributed by atoms with van der Waals surface area (Å²) in [7, 11) is -4.06. The molecule has 0 spiro atoms. The quantitative estimate of drug-likeness (QED) is 0.644. The summed E-state index contributed by atoms with van der Waals surface area (Å²) in [5, 5.41) is 0. The van der Waals surface area contributed by atoms with E-state index in [9.17, 15) is 9.46 Å². The summed E-state index contributed by atoms with van der Waals surface area (Å²) in [6, 6.07) is 16.1. The topological polar surface area (TPSA) is 55.8 Å². The molecule has 2 rings (SSSR count). The van der Waals surface area contributed by atoms with Crippen molar-refractivity contribution in [3.05, 3.63) is 70.8 Å². The second-order valence-corrected chi connectivity index (χ2v) is 8.14. The molecule has 2 atom stereocenters. The number of rotatable bonds is 8. The Labute approximate surface area is 150 Å². The number of aryl methyl sites for hydroxylation is 2. The summed E-state index contributed by atoms with van der Waals surface area (Å²) in [6.07, 6.45) is 0. The van der Waals surface area contributed by atoms with Crippen LogP contribution in [0.1, 0.15) is 47.9 Å². The average molecular weight is 362 g/mol. The summed E-state index contributed by atoms with van der Waals surface area (Å²) in [5.74, 6) is 0.0263. The van der Waals surface area contributed by atoms with Crippen molar-refractivity contribution >= 4 is 7.82 Å². The highest BCUT2D eigenvalue weighted by atomic mass is 31.2. The number of benzene rings is 2. The van der Waals surface area contributed by atoms with Crippen molar-refractivity contribution in [2.75, 3.05) is 13.2 Å². The Balaban J connectivity index is 1.83. The van der Waals surface area contributed by atoms with E-state index in [0.717, 1.165) is 11.1 Å². The van der Waals surface area contributed by atoms with Crippen LogP contribution in [0.15, 0.2) is 48.5 Å². The number of hydrogen-bond donors (Lipinski definition) is 1. The lowest BCUT2D eigenvalue weighted by Gasteiger charge is -2.18. The smallest absolute Gasteiger partial charge is 0.302 e. The standard InChI is InChI=1S/C20H27O4P/c1-15-5-9-19(10-6-15)17(3)13-23-25(21,22)24-14-18(4)20-11-7-16(2)8-12-20/h5-12,17-18H,13-14H2,1-4H3,(H,21,22). The maximum atomic E-state index is 12.1. The van der Waals surface area contributed by atoms with E-state index in [1.807, 2.05) is 76.2 Å². The van der Waals surface area contributed by atoms with Gasteiger partial charge in [-0.15, -0.1) is 0 Å². The van der Waals surface area contributed by atoms with E-state index < -0.39 is 7.82 Å². The minimum absolute atomic E-state index is 0.0131. The second-order valence-electron chi connectivity index (χ2n) is 6.68. The van der Waals surface area contributed by atoms with Crippen molar-refractivity contribution in [2.45, 2.75) is 39.5 Å². The summed E-state index contributed by atoms with van der Waals surface area (Å²) >= 11 is 0. The minimum Gasteiger partial charge on any atom is -0.302 e. The van der Waals surface area contributed by atoms with E-state index >= 15 is 0 Å². The Kier molecular flexibility index (Phi) is 6.97. The van der Waals surface area contributed by atoms with Crippen molar-refractivity contribution in [3.63, 3.8) is 0 Å². The zero-order valence-electron chi connectivity index (χ0n) is 15.3. The summed E-state index contributed by atoms with van der Waals surface area (Å²) in [5.41, 5.74) is 4.49. The molecule has 136 valence electrons. The van der Waals surface area contributed by atoms with E-state index in [-0.39, 0.29) is 25.0 Å². The molecule has 5 heteroatoms. The van der Waals surface area contributed by atoms with Gasteiger partial charge in [-0.2, -0.15) is 0 Å². The van der Waals surface area contributed by atoms with Crippen molar-refractivity contribution in [2.24, 2.45) is 0 Å². The molecule has 1 N–H and O–H groups in total. The molecule has 2 aromatic rings. The van der Waals surface area contributed by atoms with Crippen LogP contribution in [-0.2, 0) is 13.6 Å². The fraction of sp³-hybridized carbons (Fsp3) is 0.400. The highest BCUT2D eigenvalue weighted by Crippen LogP contribution is 2.45. The van der Waals surface area contributed by atoms with Crippen LogP contribution in [0.5, 0.6) is 0 Å². The third-order valence-corrected chi connectivity index (χ3v) is 5.22. The highest BCUT2D eigenvalue weighted by molar-refractivity contribution is 7.47. The normalized spacial score (nSPS) is 16.2. The van der Waals surface area contributed by atoms with Crippen molar-refractivity contribution in [3.8, 4) is 0 Å². The van der Waals surface area contributed by atoms with Crippen LogP contribution in [0.25, 0.3) is 0 Å². The first-order valence-corrected chi connectivity index (χ1v) is 10.0. The van der Waals surface area contributed by atoms with Gasteiger partial charge >= 0.3 is 7.82 Å². The molecular formula is C20H27O4P. The van der Waals surface area contributed by atoms with Gasteiger partial charge in [-0.1, -0.05) is 73.5 Å². The Morgan fingerprint density at radius 2 is 1.12 bits per heavy atom. The van der Waals surface area contributed by atoms with Gasteiger partial charge in [0.25, 0.3) is 0 Å². The van der Waals surface area contributed by atoms with Crippen LogP contribution < -0.4 is 0 Å². The second kappa shape index (κ2) is 8.77. The maximum Gasteiger partial charge on any atom is 0.472 e. The summed E-state index contributed by atoms with van der Waals surface area (Å²) in [6.45, 7) is 8.23. The summed E-state index contributed by atoms with van der Waals surface area (Å²) in [4.78, 5) is 9.91. The molecular weight excluding hydrogens is 335 g/mol. The maximum absolute atomic E-state index is 12.1. The predicted octanol–water partition coefficient (Wildman–Crippen LogP) is 5.34. The zero-order chi connectivity index (χ0) is 18.4. The van der Waals surface area contributed by atoms with Gasteiger partial charge < -0.3 is 4.89 Å². The van der Waals surface area contributed by atoms with Crippen LogP contribution in [0.3, 0.4) is 0 Å². The van der Waals surface area contributed by atoms with Crippen LogP contribution in [0.2, 0.25) is 0 Å². The number of hydrogen-bond acceptors (Lipinski definition) is 3. The van der Waals surface area contributed by atoms with Gasteiger partial charge in [-0.3, -0.25) is 9.05 Å². The molecule has 4 nitrogen and oxygen atoms in total. The molecule has 0 aromatic heterocycles. The zero-order valence-corrected chi connectivity index (χ0v) is 16.2. The van der Waals surface area contributed by atoms with Gasteiger partial charge in [0.2, 0.25) is 0 Å². The molecule has 0 aliphatic heterocycles. The third kappa shape index (κ3) is 6.41. The van der Waals surface area contributed by atoms with Crippen LogP contribution in [0, 0.1) is 13.8 Å². The van der Waals surface area contributed by atoms with E-state index in [4.69, 9.17) is 9.05 Å². The molecule has 0 aliphatic rings. The molecule has 2 unspecified atom stereocenters. The lowest BCUT2D eigenvalue weighted by Crippen LogP contribution is -2.08. The van der Waals surface area contributed by atoms with Gasteiger partial charge in [-0.05, 0) is 25.0 Å². The van der Waals surface area contributed by atoms with Gasteiger partial charge in [0.05, 0.1) is 13.2 Å². The van der Waals surface area contributed by atoms with E-state index in [1.54, 1.807) is 0 Å². The molecule has 0 saturated heterocycles. The number of phosphoric ester groups is 1. The first-order chi connectivity index (χ1) is 11.8. The lowest BCUT2D eigenvalue weighted by molar-refractivity contribution is 0.139. The minimum atomic E-state index is -4.06. The molecule has 0 bridgehead atoms. The molecule has 0 amide bonds.